The zero-order chi connectivity index (χ0) is 46.0. The molecule has 0 aliphatic heterocycles. The predicted octanol–water partition coefficient (Wildman–Crippen LogP) is 7.93. The maximum atomic E-state index is 12.6. The van der Waals surface area contributed by atoms with Crippen LogP contribution in [0.25, 0.3) is 0 Å². The van der Waals surface area contributed by atoms with Crippen LogP contribution in [0, 0.1) is 37.0 Å². The fraction of sp³-hybridized carbons (Fsp3) is 0.319. The Morgan fingerprint density at radius 3 is 1.37 bits per heavy atom. The number of halogens is 4. The molecule has 0 spiro atoms. The summed E-state index contributed by atoms with van der Waals surface area (Å²) in [5.74, 6) is 9.81. The molecule has 2 amide bonds. The molecule has 0 fully saturated rings. The third kappa shape index (κ3) is 18.3. The van der Waals surface area contributed by atoms with Gasteiger partial charge >= 0.3 is 0 Å². The number of nitrogens with one attached hydrogen (secondary N) is 2. The SMILES string of the molecule is C#CCOc1ccc(CCNC(=O)C(COc2ccc(Cl)c(Cl)c2)OCC#C)cc1OC.C#CCOc1ccc(CCNC(=O)C(COc2ccc(Cl)c(Cl)c2)OCC)cc1OC. The minimum absolute atomic E-state index is 0.0286. The lowest BCUT2D eigenvalue weighted by Crippen LogP contribution is -2.41. The summed E-state index contributed by atoms with van der Waals surface area (Å²) in [5.41, 5.74) is 1.92. The van der Waals surface area contributed by atoms with Gasteiger partial charge in [0.2, 0.25) is 0 Å². The van der Waals surface area contributed by atoms with Crippen LogP contribution in [0.4, 0.5) is 0 Å². The van der Waals surface area contributed by atoms with Crippen LogP contribution in [0.2, 0.25) is 20.1 Å². The lowest BCUT2D eigenvalue weighted by atomic mass is 10.1. The third-order valence-corrected chi connectivity index (χ3v) is 9.89. The molecule has 2 N–H and O–H groups in total. The number of methoxy groups -OCH3 is 2. The van der Waals surface area contributed by atoms with Crippen LogP contribution in [-0.4, -0.2) is 91.0 Å². The van der Waals surface area contributed by atoms with Crippen molar-refractivity contribution in [2.45, 2.75) is 32.0 Å². The second-order valence-electron chi connectivity index (χ2n) is 12.8. The highest BCUT2D eigenvalue weighted by Crippen LogP contribution is 2.30. The molecule has 4 aromatic carbocycles. The zero-order valence-corrected chi connectivity index (χ0v) is 38.0. The number of amides is 2. The molecular weight excluding hydrogens is 894 g/mol. The van der Waals surface area contributed by atoms with Gasteiger partial charge in [-0.2, -0.15) is 0 Å². The van der Waals surface area contributed by atoms with Crippen molar-refractivity contribution in [1.82, 2.24) is 10.6 Å². The van der Waals surface area contributed by atoms with E-state index in [0.717, 1.165) is 11.1 Å². The van der Waals surface area contributed by atoms with E-state index in [2.05, 4.69) is 28.4 Å². The fourth-order valence-electron chi connectivity index (χ4n) is 5.33. The maximum absolute atomic E-state index is 12.6. The average molecular weight is 943 g/mol. The van der Waals surface area contributed by atoms with Crippen molar-refractivity contribution in [3.8, 4) is 71.5 Å². The minimum atomic E-state index is -0.894. The topological polar surface area (TPSA) is 132 Å². The molecule has 12 nitrogen and oxygen atoms in total. The van der Waals surface area contributed by atoms with Crippen LogP contribution in [0.15, 0.2) is 72.8 Å². The minimum Gasteiger partial charge on any atom is -0.493 e. The van der Waals surface area contributed by atoms with E-state index in [9.17, 15) is 9.59 Å². The number of terminal acetylenes is 3. The quantitative estimate of drug-likeness (QED) is 0.0669. The van der Waals surface area contributed by atoms with Gasteiger partial charge in [-0.15, -0.1) is 19.3 Å². The average Bonchev–Trinajstić information content (AvgIpc) is 3.29. The third-order valence-electron chi connectivity index (χ3n) is 8.41. The van der Waals surface area contributed by atoms with Gasteiger partial charge in [-0.25, -0.2) is 0 Å². The summed E-state index contributed by atoms with van der Waals surface area (Å²) in [5, 5.41) is 7.26. The summed E-state index contributed by atoms with van der Waals surface area (Å²) in [6.45, 7) is 3.27. The molecule has 2 unspecified atom stereocenters. The molecule has 0 bridgehead atoms. The second kappa shape index (κ2) is 28.9. The van der Waals surface area contributed by atoms with Crippen LogP contribution in [0.1, 0.15) is 18.1 Å². The van der Waals surface area contributed by atoms with Crippen molar-refractivity contribution < 1.29 is 47.5 Å². The highest BCUT2D eigenvalue weighted by Gasteiger charge is 2.21. The first-order chi connectivity index (χ1) is 30.5. The lowest BCUT2D eigenvalue weighted by molar-refractivity contribution is -0.134. The van der Waals surface area contributed by atoms with Crippen molar-refractivity contribution in [3.05, 3.63) is 104 Å². The molecule has 0 saturated carbocycles. The lowest BCUT2D eigenvalue weighted by Gasteiger charge is -2.18. The van der Waals surface area contributed by atoms with Crippen molar-refractivity contribution in [3.63, 3.8) is 0 Å². The molecule has 4 rings (SSSR count). The molecule has 0 heterocycles. The van der Waals surface area contributed by atoms with Crippen molar-refractivity contribution >= 4 is 58.2 Å². The van der Waals surface area contributed by atoms with Gasteiger partial charge in [-0.1, -0.05) is 76.3 Å². The first-order valence-corrected chi connectivity index (χ1v) is 20.8. The maximum Gasteiger partial charge on any atom is 0.252 e. The van der Waals surface area contributed by atoms with Gasteiger partial charge in [-0.05, 0) is 79.4 Å². The monoisotopic (exact) mass is 940 g/mol. The summed E-state index contributed by atoms with van der Waals surface area (Å²) in [6.07, 6.45) is 15.2. The summed E-state index contributed by atoms with van der Waals surface area (Å²) in [6, 6.07) is 20.7. The van der Waals surface area contributed by atoms with E-state index in [4.69, 9.17) is 104 Å². The van der Waals surface area contributed by atoms with E-state index in [0.29, 0.717) is 87.1 Å². The number of carbonyl (C=O) groups excluding carboxylic acids is 2. The van der Waals surface area contributed by atoms with Gasteiger partial charge in [0.1, 0.15) is 44.5 Å². The number of ether oxygens (including phenoxy) is 8. The van der Waals surface area contributed by atoms with Crippen LogP contribution in [0.3, 0.4) is 0 Å². The number of rotatable bonds is 24. The molecule has 0 aliphatic carbocycles. The standard InChI is InChI=1S/C24H23Cl2NO5.C23H25Cl2NO5/c1-4-12-30-21-9-6-17(14-22(21)29-3)10-11-27-24(28)23(31-13-5-2)16-32-18-7-8-19(25)20(26)15-18;1-4-12-30-20-9-6-16(13-21(20)28-3)10-11-26-23(27)22(29-5-2)15-31-17-7-8-18(24)19(25)14-17/h1-2,6-9,14-15,23H,10-13,16H2,3H3,(H,27,28);1,6-9,13-14,22H,5,10-12,15H2,2-3H3,(H,26,27). The predicted molar refractivity (Wildman–Crippen MR) is 246 cm³/mol. The van der Waals surface area contributed by atoms with Crippen molar-refractivity contribution in [1.29, 1.82) is 0 Å². The molecule has 4 aromatic rings. The molecule has 0 aromatic heterocycles. The summed E-state index contributed by atoms with van der Waals surface area (Å²) in [7, 11) is 3.11. The summed E-state index contributed by atoms with van der Waals surface area (Å²) < 4.78 is 43.8. The smallest absolute Gasteiger partial charge is 0.252 e. The Kier molecular flexibility index (Phi) is 23.7. The Morgan fingerprint density at radius 1 is 0.556 bits per heavy atom. The van der Waals surface area contributed by atoms with Crippen LogP contribution in [0.5, 0.6) is 34.5 Å². The number of benzene rings is 4. The van der Waals surface area contributed by atoms with Gasteiger partial charge in [-0.3, -0.25) is 9.59 Å². The fourth-order valence-corrected chi connectivity index (χ4v) is 5.90. The van der Waals surface area contributed by atoms with E-state index in [1.807, 2.05) is 31.2 Å². The Balaban J connectivity index is 0.000000335. The Labute approximate surface area is 389 Å². The largest absolute Gasteiger partial charge is 0.493 e. The molecule has 0 saturated heterocycles. The van der Waals surface area contributed by atoms with E-state index >= 15 is 0 Å². The Morgan fingerprint density at radius 2 is 0.984 bits per heavy atom. The first kappa shape index (κ1) is 51.7. The summed E-state index contributed by atoms with van der Waals surface area (Å²) >= 11 is 23.8. The molecule has 63 heavy (non-hydrogen) atoms. The number of carbonyl (C=O) groups is 2. The van der Waals surface area contributed by atoms with Crippen LogP contribution >= 0.6 is 46.4 Å². The molecular formula is C47H48Cl4N2O10. The molecule has 334 valence electrons. The van der Waals surface area contributed by atoms with Crippen molar-refractivity contribution in [2.75, 3.05) is 67.0 Å². The van der Waals surface area contributed by atoms with Gasteiger partial charge in [0.05, 0.1) is 34.3 Å². The molecule has 0 aliphatic rings. The highest BCUT2D eigenvalue weighted by atomic mass is 35.5. The van der Waals surface area contributed by atoms with Crippen molar-refractivity contribution in [2.24, 2.45) is 0 Å². The molecule has 0 radical (unpaired) electrons. The van der Waals surface area contributed by atoms with Gasteiger partial charge in [0, 0.05) is 31.8 Å². The van der Waals surface area contributed by atoms with E-state index in [1.54, 1.807) is 62.8 Å². The van der Waals surface area contributed by atoms with E-state index < -0.39 is 12.2 Å². The highest BCUT2D eigenvalue weighted by molar-refractivity contribution is 6.42. The Hall–Kier alpha value is -5.62. The van der Waals surface area contributed by atoms with E-state index in [-0.39, 0.29) is 44.8 Å². The van der Waals surface area contributed by atoms with Crippen LogP contribution < -0.4 is 39.1 Å². The van der Waals surface area contributed by atoms with Crippen LogP contribution in [-0.2, 0) is 31.9 Å². The summed E-state index contributed by atoms with van der Waals surface area (Å²) in [4.78, 5) is 25.1. The van der Waals surface area contributed by atoms with E-state index in [1.165, 1.54) is 0 Å². The second-order valence-corrected chi connectivity index (χ2v) is 14.4. The normalized spacial score (nSPS) is 11.2. The van der Waals surface area contributed by atoms with Gasteiger partial charge in [0.15, 0.2) is 35.2 Å². The van der Waals surface area contributed by atoms with Gasteiger partial charge < -0.3 is 48.5 Å². The zero-order valence-electron chi connectivity index (χ0n) is 35.0. The Bertz CT molecular complexity index is 2220. The first-order valence-electron chi connectivity index (χ1n) is 19.3. The molecule has 2 atom stereocenters. The number of hydrogen-bond donors (Lipinski definition) is 2. The van der Waals surface area contributed by atoms with Gasteiger partial charge in [0.25, 0.3) is 11.8 Å². The molecule has 16 heteroatoms. The number of hydrogen-bond acceptors (Lipinski definition) is 10.